The topological polar surface area (TPSA) is 75.7 Å². The fraction of sp³-hybridized carbons (Fsp3) is 0.211. The van der Waals surface area contributed by atoms with Crippen LogP contribution in [0.25, 0.3) is 0 Å². The predicted octanol–water partition coefficient (Wildman–Crippen LogP) is 3.28. The van der Waals surface area contributed by atoms with E-state index in [4.69, 9.17) is 16.3 Å². The summed E-state index contributed by atoms with van der Waals surface area (Å²) in [6.07, 6.45) is -0.0176. The number of anilines is 1. The van der Waals surface area contributed by atoms with Gasteiger partial charge in [0.05, 0.1) is 23.9 Å². The molecule has 134 valence electrons. The third kappa shape index (κ3) is 3.41. The Balaban J connectivity index is 1.67. The highest BCUT2D eigenvalue weighted by Gasteiger charge is 2.35. The Hall–Kier alpha value is -2.86. The van der Waals surface area contributed by atoms with Crippen molar-refractivity contribution in [3.05, 3.63) is 58.1 Å². The zero-order valence-electron chi connectivity index (χ0n) is 14.3. The third-order valence-electron chi connectivity index (χ3n) is 4.12. The lowest BCUT2D eigenvalue weighted by atomic mass is 10.1. The molecule has 0 bridgehead atoms. The van der Waals surface area contributed by atoms with Crippen LogP contribution in [0.1, 0.15) is 32.7 Å². The quantitative estimate of drug-likeness (QED) is 0.817. The van der Waals surface area contributed by atoms with Gasteiger partial charge in [-0.15, -0.1) is 0 Å². The summed E-state index contributed by atoms with van der Waals surface area (Å²) in [5.74, 6) is -0.626. The molecule has 3 rings (SSSR count). The van der Waals surface area contributed by atoms with Crippen LogP contribution in [0.3, 0.4) is 0 Å². The van der Waals surface area contributed by atoms with Crippen molar-refractivity contribution in [2.75, 3.05) is 19.0 Å². The maximum Gasteiger partial charge on any atom is 0.261 e. The molecule has 1 N–H and O–H groups in total. The lowest BCUT2D eigenvalue weighted by Gasteiger charge is -2.14. The van der Waals surface area contributed by atoms with E-state index in [-0.39, 0.29) is 24.4 Å². The standard InChI is InChI=1S/C19H17ClN2O4/c1-11-3-6-16(26-2)15(9-11)21-17(23)7-8-22-18(24)13-5-4-12(20)10-14(13)19(22)25/h3-6,9-10H,7-8H2,1-2H3,(H,21,23). The van der Waals surface area contributed by atoms with Gasteiger partial charge in [-0.05, 0) is 42.8 Å². The van der Waals surface area contributed by atoms with Gasteiger partial charge in [0, 0.05) is 18.0 Å². The summed E-state index contributed by atoms with van der Waals surface area (Å²) in [6, 6.07) is 9.98. The van der Waals surface area contributed by atoms with Gasteiger partial charge in [-0.3, -0.25) is 19.3 Å². The van der Waals surface area contributed by atoms with Gasteiger partial charge < -0.3 is 10.1 Å². The molecule has 0 aromatic heterocycles. The molecule has 3 amide bonds. The van der Waals surface area contributed by atoms with E-state index < -0.39 is 11.8 Å². The summed E-state index contributed by atoms with van der Waals surface area (Å²) in [7, 11) is 1.52. The monoisotopic (exact) mass is 372 g/mol. The fourth-order valence-corrected chi connectivity index (χ4v) is 2.98. The molecule has 0 saturated carbocycles. The highest BCUT2D eigenvalue weighted by Crippen LogP contribution is 2.27. The van der Waals surface area contributed by atoms with Crippen molar-refractivity contribution in [2.24, 2.45) is 0 Å². The van der Waals surface area contributed by atoms with Crippen molar-refractivity contribution in [1.82, 2.24) is 4.90 Å². The zero-order chi connectivity index (χ0) is 18.8. The molecule has 0 radical (unpaired) electrons. The van der Waals surface area contributed by atoms with E-state index in [0.29, 0.717) is 22.0 Å². The number of aryl methyl sites for hydroxylation is 1. The maximum absolute atomic E-state index is 12.4. The van der Waals surface area contributed by atoms with Gasteiger partial charge in [0.15, 0.2) is 0 Å². The average Bonchev–Trinajstić information content (AvgIpc) is 2.83. The Morgan fingerprint density at radius 1 is 1.12 bits per heavy atom. The summed E-state index contributed by atoms with van der Waals surface area (Å²) in [4.78, 5) is 38.0. The predicted molar refractivity (Wildman–Crippen MR) is 97.8 cm³/mol. The van der Waals surface area contributed by atoms with Crippen LogP contribution in [0.4, 0.5) is 5.69 Å². The zero-order valence-corrected chi connectivity index (χ0v) is 15.1. The largest absolute Gasteiger partial charge is 0.495 e. The van der Waals surface area contributed by atoms with Crippen molar-refractivity contribution in [1.29, 1.82) is 0 Å². The minimum absolute atomic E-state index is 0.00999. The molecule has 0 spiro atoms. The number of amides is 3. The summed E-state index contributed by atoms with van der Waals surface area (Å²) < 4.78 is 5.22. The van der Waals surface area contributed by atoms with Crippen LogP contribution in [0, 0.1) is 6.92 Å². The van der Waals surface area contributed by atoms with Gasteiger partial charge in [0.1, 0.15) is 5.75 Å². The molecule has 0 aliphatic carbocycles. The number of nitrogens with zero attached hydrogens (tertiary/aromatic N) is 1. The molecule has 1 aliphatic heterocycles. The number of rotatable bonds is 5. The molecule has 26 heavy (non-hydrogen) atoms. The number of imide groups is 1. The molecular weight excluding hydrogens is 356 g/mol. The van der Waals surface area contributed by atoms with E-state index in [1.54, 1.807) is 18.2 Å². The number of fused-ring (bicyclic) bond motifs is 1. The SMILES string of the molecule is COc1ccc(C)cc1NC(=O)CCN1C(=O)c2ccc(Cl)cc2C1=O. The number of hydrogen-bond acceptors (Lipinski definition) is 4. The second-order valence-corrected chi connectivity index (χ2v) is 6.39. The molecule has 6 nitrogen and oxygen atoms in total. The van der Waals surface area contributed by atoms with Crippen LogP contribution in [0.15, 0.2) is 36.4 Å². The molecule has 0 atom stereocenters. The first-order valence-corrected chi connectivity index (χ1v) is 8.38. The van der Waals surface area contributed by atoms with Crippen LogP contribution < -0.4 is 10.1 Å². The van der Waals surface area contributed by atoms with Crippen LogP contribution in [0.5, 0.6) is 5.75 Å². The van der Waals surface area contributed by atoms with Gasteiger partial charge >= 0.3 is 0 Å². The Morgan fingerprint density at radius 2 is 1.85 bits per heavy atom. The molecule has 2 aromatic carbocycles. The third-order valence-corrected chi connectivity index (χ3v) is 4.36. The number of ether oxygens (including phenoxy) is 1. The molecule has 0 saturated heterocycles. The van der Waals surface area contributed by atoms with E-state index in [9.17, 15) is 14.4 Å². The van der Waals surface area contributed by atoms with Gasteiger partial charge in [-0.25, -0.2) is 0 Å². The van der Waals surface area contributed by atoms with Gasteiger partial charge in [0.2, 0.25) is 5.91 Å². The number of carbonyl (C=O) groups excluding carboxylic acids is 3. The van der Waals surface area contributed by atoms with Crippen LogP contribution >= 0.6 is 11.6 Å². The Kier molecular flexibility index (Phi) is 4.95. The average molecular weight is 373 g/mol. The second-order valence-electron chi connectivity index (χ2n) is 5.95. The highest BCUT2D eigenvalue weighted by molar-refractivity contribution is 6.32. The van der Waals surface area contributed by atoms with E-state index in [1.807, 2.05) is 13.0 Å². The van der Waals surface area contributed by atoms with Gasteiger partial charge in [-0.2, -0.15) is 0 Å². The van der Waals surface area contributed by atoms with E-state index in [2.05, 4.69) is 5.32 Å². The summed E-state index contributed by atoms with van der Waals surface area (Å²) in [6.45, 7) is 1.89. The molecule has 2 aromatic rings. The van der Waals surface area contributed by atoms with Crippen LogP contribution in [-0.2, 0) is 4.79 Å². The number of methoxy groups -OCH3 is 1. The van der Waals surface area contributed by atoms with Crippen molar-refractivity contribution in [2.45, 2.75) is 13.3 Å². The van der Waals surface area contributed by atoms with Crippen LogP contribution in [-0.4, -0.2) is 36.3 Å². The molecule has 0 unspecified atom stereocenters. The maximum atomic E-state index is 12.4. The molecule has 0 fully saturated rings. The van der Waals surface area contributed by atoms with Crippen molar-refractivity contribution in [3.8, 4) is 5.75 Å². The number of benzene rings is 2. The Morgan fingerprint density at radius 3 is 2.58 bits per heavy atom. The first kappa shape index (κ1) is 17.9. The Labute approximate surface area is 155 Å². The molecule has 7 heteroatoms. The van der Waals surface area contributed by atoms with Crippen molar-refractivity contribution < 1.29 is 19.1 Å². The number of halogens is 1. The first-order valence-electron chi connectivity index (χ1n) is 8.01. The normalized spacial score (nSPS) is 13.0. The lowest BCUT2D eigenvalue weighted by Crippen LogP contribution is -2.32. The number of nitrogens with one attached hydrogen (secondary N) is 1. The smallest absolute Gasteiger partial charge is 0.261 e. The lowest BCUT2D eigenvalue weighted by molar-refractivity contribution is -0.116. The number of carbonyl (C=O) groups is 3. The van der Waals surface area contributed by atoms with E-state index in [0.717, 1.165) is 10.5 Å². The first-order chi connectivity index (χ1) is 12.4. The summed E-state index contributed by atoms with van der Waals surface area (Å²) in [5.41, 5.74) is 2.09. The van der Waals surface area contributed by atoms with E-state index >= 15 is 0 Å². The molecule has 1 aliphatic rings. The minimum atomic E-state index is -0.437. The minimum Gasteiger partial charge on any atom is -0.495 e. The summed E-state index contributed by atoms with van der Waals surface area (Å²) >= 11 is 5.89. The molecular formula is C19H17ClN2O4. The molecule has 1 heterocycles. The number of hydrogen-bond donors (Lipinski definition) is 1. The van der Waals surface area contributed by atoms with Crippen LogP contribution in [0.2, 0.25) is 5.02 Å². The van der Waals surface area contributed by atoms with Crippen molar-refractivity contribution >= 4 is 35.0 Å². The highest BCUT2D eigenvalue weighted by atomic mass is 35.5. The van der Waals surface area contributed by atoms with Gasteiger partial charge in [-0.1, -0.05) is 17.7 Å². The Bertz CT molecular complexity index is 910. The van der Waals surface area contributed by atoms with E-state index in [1.165, 1.54) is 19.2 Å². The summed E-state index contributed by atoms with van der Waals surface area (Å²) in [5, 5.41) is 3.14. The van der Waals surface area contributed by atoms with Gasteiger partial charge in [0.25, 0.3) is 11.8 Å². The second kappa shape index (κ2) is 7.17. The van der Waals surface area contributed by atoms with Crippen molar-refractivity contribution in [3.63, 3.8) is 0 Å². The fourth-order valence-electron chi connectivity index (χ4n) is 2.81.